The monoisotopic (exact) mass is 284 g/mol. The number of aromatic nitrogens is 2. The van der Waals surface area contributed by atoms with E-state index >= 15 is 0 Å². The van der Waals surface area contributed by atoms with Gasteiger partial charge in [-0.25, -0.2) is 4.79 Å². The molecule has 1 heterocycles. The Bertz CT molecular complexity index is 744. The van der Waals surface area contributed by atoms with Gasteiger partial charge in [-0.3, -0.25) is 14.3 Å². The average molecular weight is 284 g/mol. The molecule has 1 aromatic heterocycles. The van der Waals surface area contributed by atoms with Crippen molar-refractivity contribution in [3.8, 4) is 0 Å². The second kappa shape index (κ2) is 4.99. The number of nitrogens with one attached hydrogen (secondary N) is 1. The molecule has 0 aliphatic heterocycles. The molecular weight excluding hydrogens is 273 g/mol. The maximum atomic E-state index is 12.9. The molecule has 7 heteroatoms. The Balaban J connectivity index is 2.52. The van der Waals surface area contributed by atoms with Crippen LogP contribution in [0.25, 0.3) is 0 Å². The van der Waals surface area contributed by atoms with Gasteiger partial charge >= 0.3 is 11.9 Å². The highest BCUT2D eigenvalue weighted by atomic mass is 19.4. The third kappa shape index (κ3) is 2.81. The number of benzene rings is 1. The number of hydrogen-bond acceptors (Lipinski definition) is 2. The molecule has 1 aromatic carbocycles. The van der Waals surface area contributed by atoms with Crippen molar-refractivity contribution in [1.29, 1.82) is 0 Å². The third-order valence-corrected chi connectivity index (χ3v) is 2.89. The molecule has 0 aliphatic carbocycles. The number of alkyl halides is 3. The minimum Gasteiger partial charge on any atom is -0.294 e. The molecule has 0 bridgehead atoms. The number of H-pyrrole nitrogens is 1. The first-order valence-electron chi connectivity index (χ1n) is 5.75. The largest absolute Gasteiger partial charge is 0.416 e. The van der Waals surface area contributed by atoms with Crippen LogP contribution in [0.1, 0.15) is 16.8 Å². The van der Waals surface area contributed by atoms with Crippen LogP contribution in [0.4, 0.5) is 13.2 Å². The molecule has 0 spiro atoms. The summed E-state index contributed by atoms with van der Waals surface area (Å²) in [7, 11) is 0. The smallest absolute Gasteiger partial charge is 0.294 e. The first-order valence-corrected chi connectivity index (χ1v) is 5.75. The molecule has 0 unspecified atom stereocenters. The van der Waals surface area contributed by atoms with Crippen LogP contribution in [0.15, 0.2) is 39.9 Å². The van der Waals surface area contributed by atoms with Crippen LogP contribution in [0.2, 0.25) is 0 Å². The van der Waals surface area contributed by atoms with E-state index in [4.69, 9.17) is 0 Å². The number of hydrogen-bond donors (Lipinski definition) is 1. The van der Waals surface area contributed by atoms with Gasteiger partial charge in [0.1, 0.15) is 0 Å². The Morgan fingerprint density at radius 1 is 1.20 bits per heavy atom. The highest BCUT2D eigenvalue weighted by Gasteiger charge is 2.32. The van der Waals surface area contributed by atoms with Gasteiger partial charge in [0.05, 0.1) is 12.1 Å². The number of aryl methyl sites for hydroxylation is 1. The van der Waals surface area contributed by atoms with E-state index in [1.807, 2.05) is 4.98 Å². The molecule has 0 aliphatic rings. The van der Waals surface area contributed by atoms with E-state index in [2.05, 4.69) is 0 Å². The lowest BCUT2D eigenvalue weighted by Gasteiger charge is -2.14. The fourth-order valence-electron chi connectivity index (χ4n) is 1.94. The van der Waals surface area contributed by atoms with E-state index in [1.165, 1.54) is 25.1 Å². The molecule has 2 aromatic rings. The topological polar surface area (TPSA) is 54.9 Å². The van der Waals surface area contributed by atoms with Gasteiger partial charge in [-0.05, 0) is 18.6 Å². The molecule has 4 nitrogen and oxygen atoms in total. The Morgan fingerprint density at radius 3 is 2.45 bits per heavy atom. The SMILES string of the molecule is Cc1cc(=O)[nH]c(=O)n1Cc1ccccc1C(F)(F)F. The Morgan fingerprint density at radius 2 is 1.85 bits per heavy atom. The molecular formula is C13H11F3N2O2. The van der Waals surface area contributed by atoms with Gasteiger partial charge in [0.25, 0.3) is 5.56 Å². The molecule has 0 amide bonds. The van der Waals surface area contributed by atoms with E-state index in [9.17, 15) is 22.8 Å². The van der Waals surface area contributed by atoms with E-state index in [0.717, 1.165) is 16.7 Å². The Labute approximate surface area is 111 Å². The first kappa shape index (κ1) is 14.1. The van der Waals surface area contributed by atoms with Gasteiger partial charge in [-0.2, -0.15) is 13.2 Å². The predicted octanol–water partition coefficient (Wildman–Crippen LogP) is 1.91. The molecule has 0 fully saturated rings. The highest BCUT2D eigenvalue weighted by Crippen LogP contribution is 2.32. The van der Waals surface area contributed by atoms with Crippen LogP contribution in [-0.4, -0.2) is 9.55 Å². The normalized spacial score (nSPS) is 11.6. The van der Waals surface area contributed by atoms with Crippen molar-refractivity contribution in [2.45, 2.75) is 19.6 Å². The lowest BCUT2D eigenvalue weighted by Crippen LogP contribution is -2.31. The zero-order valence-electron chi connectivity index (χ0n) is 10.5. The van der Waals surface area contributed by atoms with Crippen molar-refractivity contribution < 1.29 is 13.2 Å². The number of rotatable bonds is 2. The van der Waals surface area contributed by atoms with E-state index in [0.29, 0.717) is 5.69 Å². The van der Waals surface area contributed by atoms with Crippen molar-refractivity contribution in [3.63, 3.8) is 0 Å². The number of nitrogens with zero attached hydrogens (tertiary/aromatic N) is 1. The summed E-state index contributed by atoms with van der Waals surface area (Å²) in [5.41, 5.74) is -1.83. The molecule has 20 heavy (non-hydrogen) atoms. The summed E-state index contributed by atoms with van der Waals surface area (Å²) in [5.74, 6) is 0. The second-order valence-corrected chi connectivity index (χ2v) is 4.32. The van der Waals surface area contributed by atoms with E-state index < -0.39 is 23.0 Å². The standard InChI is InChI=1S/C13H11F3N2O2/c1-8-6-11(19)17-12(20)18(8)7-9-4-2-3-5-10(9)13(14,15)16/h2-6H,7H2,1H3,(H,17,19,20). The molecule has 106 valence electrons. The van der Waals surface area contributed by atoms with Gasteiger partial charge in [0.15, 0.2) is 0 Å². The van der Waals surface area contributed by atoms with Crippen LogP contribution in [0, 0.1) is 6.92 Å². The molecule has 0 saturated carbocycles. The van der Waals surface area contributed by atoms with Gasteiger partial charge < -0.3 is 0 Å². The van der Waals surface area contributed by atoms with Crippen molar-refractivity contribution in [3.05, 3.63) is 68.0 Å². The average Bonchev–Trinajstić information content (AvgIpc) is 2.33. The second-order valence-electron chi connectivity index (χ2n) is 4.32. The van der Waals surface area contributed by atoms with Crippen molar-refractivity contribution in [2.75, 3.05) is 0 Å². The quantitative estimate of drug-likeness (QED) is 0.916. The zero-order valence-corrected chi connectivity index (χ0v) is 10.5. The summed E-state index contributed by atoms with van der Waals surface area (Å²) in [6.45, 7) is 1.24. The highest BCUT2D eigenvalue weighted by molar-refractivity contribution is 5.30. The fraction of sp³-hybridized carbons (Fsp3) is 0.231. The van der Waals surface area contributed by atoms with Crippen molar-refractivity contribution in [2.24, 2.45) is 0 Å². The fourth-order valence-corrected chi connectivity index (χ4v) is 1.94. The maximum absolute atomic E-state index is 12.9. The van der Waals surface area contributed by atoms with Gasteiger partial charge in [0.2, 0.25) is 0 Å². The summed E-state index contributed by atoms with van der Waals surface area (Å²) in [5, 5.41) is 0. The lowest BCUT2D eigenvalue weighted by atomic mass is 10.1. The number of aromatic amines is 1. The van der Waals surface area contributed by atoms with Crippen LogP contribution in [0.5, 0.6) is 0 Å². The van der Waals surface area contributed by atoms with E-state index in [-0.39, 0.29) is 12.1 Å². The van der Waals surface area contributed by atoms with Crippen LogP contribution in [-0.2, 0) is 12.7 Å². The maximum Gasteiger partial charge on any atom is 0.416 e. The molecule has 0 atom stereocenters. The third-order valence-electron chi connectivity index (χ3n) is 2.89. The summed E-state index contributed by atoms with van der Waals surface area (Å²) < 4.78 is 39.7. The van der Waals surface area contributed by atoms with Crippen molar-refractivity contribution in [1.82, 2.24) is 9.55 Å². The molecule has 2 rings (SSSR count). The van der Waals surface area contributed by atoms with Gasteiger partial charge in [0, 0.05) is 11.8 Å². The summed E-state index contributed by atoms with van der Waals surface area (Å²) in [6.07, 6.45) is -4.49. The minimum atomic E-state index is -4.49. The summed E-state index contributed by atoms with van der Waals surface area (Å²) >= 11 is 0. The minimum absolute atomic E-state index is 0.0303. The van der Waals surface area contributed by atoms with E-state index in [1.54, 1.807) is 0 Å². The molecule has 1 N–H and O–H groups in total. The van der Waals surface area contributed by atoms with Crippen LogP contribution < -0.4 is 11.2 Å². The van der Waals surface area contributed by atoms with Gasteiger partial charge in [-0.1, -0.05) is 18.2 Å². The molecule has 0 radical (unpaired) electrons. The summed E-state index contributed by atoms with van der Waals surface area (Å²) in [6, 6.07) is 6.18. The van der Waals surface area contributed by atoms with Crippen LogP contribution >= 0.6 is 0 Å². The molecule has 0 saturated heterocycles. The first-order chi connectivity index (χ1) is 9.29. The lowest BCUT2D eigenvalue weighted by molar-refractivity contribution is -0.138. The predicted molar refractivity (Wildman–Crippen MR) is 66.6 cm³/mol. The van der Waals surface area contributed by atoms with Crippen molar-refractivity contribution >= 4 is 0 Å². The number of halogens is 3. The summed E-state index contributed by atoms with van der Waals surface area (Å²) in [4.78, 5) is 24.8. The Kier molecular flexibility index (Phi) is 3.52. The zero-order chi connectivity index (χ0) is 14.9. The Hall–Kier alpha value is -2.31. The van der Waals surface area contributed by atoms with Gasteiger partial charge in [-0.15, -0.1) is 0 Å². The van der Waals surface area contributed by atoms with Crippen LogP contribution in [0.3, 0.4) is 0 Å².